The van der Waals surface area contributed by atoms with Crippen molar-refractivity contribution >= 4 is 98.8 Å². The first-order valence-corrected chi connectivity index (χ1v) is 20.3. The molecule has 0 aliphatic carbocycles. The normalized spacial score (nSPS) is 10.3. The number of esters is 1. The van der Waals surface area contributed by atoms with Gasteiger partial charge in [-0.15, -0.1) is 45.0 Å². The highest BCUT2D eigenvalue weighted by Crippen LogP contribution is 2.25. The third kappa shape index (κ3) is 19.3. The molecule has 5 rings (SSSR count). The molecule has 4 N–H and O–H groups in total. The summed E-state index contributed by atoms with van der Waals surface area (Å²) in [5.74, 6) is 2.83. The molecular weight excluding hydrogens is 919 g/mol. The number of nitrogens with zero attached hydrogens (tertiary/aromatic N) is 8. The number of ketones is 1. The average Bonchev–Trinajstić information content (AvgIpc) is 4.02. The first-order chi connectivity index (χ1) is 27.1. The van der Waals surface area contributed by atoms with Crippen LogP contribution in [-0.4, -0.2) is 109 Å². The number of nitrogens with one attached hydrogen (secondary N) is 1. The second-order valence-electron chi connectivity index (χ2n) is 10.4. The minimum atomic E-state index is -1.14. The number of rotatable bonds is 12. The molecule has 0 radical (unpaired) electrons. The van der Waals surface area contributed by atoms with E-state index in [1.54, 1.807) is 30.2 Å². The van der Waals surface area contributed by atoms with Crippen LogP contribution in [0.4, 0.5) is 0 Å². The number of H-pyrrole nitrogens is 1. The molecule has 1 atom stereocenters. The molecule has 0 aromatic carbocycles. The topological polar surface area (TPSA) is 266 Å². The van der Waals surface area contributed by atoms with Crippen molar-refractivity contribution < 1.29 is 42.3 Å². The van der Waals surface area contributed by atoms with Crippen molar-refractivity contribution in [3.63, 3.8) is 0 Å². The van der Waals surface area contributed by atoms with Gasteiger partial charge in [0, 0.05) is 36.9 Å². The highest BCUT2D eigenvalue weighted by Gasteiger charge is 2.21. The maximum Gasteiger partial charge on any atom is 0.373 e. The SMILES string of the molecule is CCOC(=O)C(Cl)C(C)=O.Cc1ncoc1-c1n[nH]c(=S)n1C.Cc1ncoc1-c1nnc(SCCCCl)n1C.Cc1ncoc1C(=O)O.ClCCCBr.NC=O. The van der Waals surface area contributed by atoms with Crippen molar-refractivity contribution in [1.82, 2.24) is 44.5 Å². The van der Waals surface area contributed by atoms with E-state index in [1.807, 2.05) is 32.5 Å². The highest BCUT2D eigenvalue weighted by atomic mass is 79.9. The summed E-state index contributed by atoms with van der Waals surface area (Å²) in [6, 6.07) is 0. The van der Waals surface area contributed by atoms with Gasteiger partial charge in [0.2, 0.25) is 18.0 Å². The summed E-state index contributed by atoms with van der Waals surface area (Å²) in [4.78, 5) is 51.4. The number of aryl methyl sites for hydroxylation is 3. The molecule has 5 aromatic rings. The van der Waals surface area contributed by atoms with Crippen LogP contribution < -0.4 is 5.73 Å². The zero-order valence-electron chi connectivity index (χ0n) is 32.0. The first kappa shape index (κ1) is 52.9. The van der Waals surface area contributed by atoms with Gasteiger partial charge in [-0.3, -0.25) is 14.7 Å². The number of oxazole rings is 3. The molecule has 57 heavy (non-hydrogen) atoms. The summed E-state index contributed by atoms with van der Waals surface area (Å²) in [6.45, 7) is 8.46. The molecule has 0 saturated heterocycles. The number of carboxylic acid groups (broad SMARTS) is 1. The number of Topliss-reactive ketones (excluding diaryl/α,β-unsaturated/α-hetero) is 1. The number of aromatic amines is 1. The van der Waals surface area contributed by atoms with Gasteiger partial charge in [-0.25, -0.2) is 24.5 Å². The molecular formula is C32H44BrCl3N10O9S2. The van der Waals surface area contributed by atoms with E-state index in [4.69, 9.17) is 65.8 Å². The third-order valence-corrected chi connectivity index (χ3v) is 9.23. The van der Waals surface area contributed by atoms with Crippen molar-refractivity contribution in [2.45, 2.75) is 58.0 Å². The number of ether oxygens (including phenoxy) is 1. The standard InChI is InChI=1S/C10H13ClN4OS.C7H8N4OS.C6H9ClO3.C5H5NO3.C3H6BrCl.CH3NO/c1-7-8(16-6-12-7)9-13-14-10(15(9)2)17-5-3-4-11;1-4-5(12-3-8-4)6-9-10-7(13)11(6)2;1-3-10-6(9)5(7)4(2)8;1-3-4(5(7)8)9-2-6-3;4-2-1-3-5;2-1-3/h6H,3-5H2,1-2H3;3H,1-2H3,(H,10,13);5H,3H2,1-2H3;2H,1H3,(H,7,8);1-3H2;1H,(H2,2,3). The van der Waals surface area contributed by atoms with Gasteiger partial charge in [-0.05, 0) is 59.7 Å². The second-order valence-corrected chi connectivity index (χ2v) is 13.8. The monoisotopic (exact) mass is 960 g/mol. The van der Waals surface area contributed by atoms with Crippen LogP contribution in [-0.2, 0) is 33.2 Å². The van der Waals surface area contributed by atoms with E-state index in [0.717, 1.165) is 52.7 Å². The Kier molecular flexibility index (Phi) is 27.9. The fraction of sp³-hybridized carbons (Fsp3) is 0.469. The number of thioether (sulfide) groups is 1. The van der Waals surface area contributed by atoms with E-state index < -0.39 is 17.3 Å². The van der Waals surface area contributed by atoms with E-state index in [9.17, 15) is 14.4 Å². The number of aromatic carboxylic acids is 1. The van der Waals surface area contributed by atoms with E-state index in [1.165, 1.54) is 19.7 Å². The number of halogens is 4. The van der Waals surface area contributed by atoms with Gasteiger partial charge in [-0.2, -0.15) is 5.10 Å². The lowest BCUT2D eigenvalue weighted by Gasteiger charge is -2.03. The molecule has 1 amide bonds. The molecule has 0 aliphatic rings. The van der Waals surface area contributed by atoms with Crippen LogP contribution in [0.5, 0.6) is 0 Å². The van der Waals surface area contributed by atoms with Crippen LogP contribution in [0.2, 0.25) is 0 Å². The average molecular weight is 963 g/mol. The van der Waals surface area contributed by atoms with Gasteiger partial charge in [0.1, 0.15) is 0 Å². The number of hydrogen-bond donors (Lipinski definition) is 3. The maximum atomic E-state index is 10.6. The maximum absolute atomic E-state index is 10.6. The molecule has 0 spiro atoms. The van der Waals surface area contributed by atoms with Crippen molar-refractivity contribution in [2.75, 3.05) is 29.4 Å². The first-order valence-electron chi connectivity index (χ1n) is 16.3. The number of carbonyl (C=O) groups is 4. The van der Waals surface area contributed by atoms with Crippen LogP contribution in [0.3, 0.4) is 0 Å². The number of carboxylic acids is 1. The van der Waals surface area contributed by atoms with Crippen molar-refractivity contribution in [3.8, 4) is 23.2 Å². The largest absolute Gasteiger partial charge is 0.475 e. The van der Waals surface area contributed by atoms with E-state index >= 15 is 0 Å². The van der Waals surface area contributed by atoms with Crippen molar-refractivity contribution in [2.24, 2.45) is 19.8 Å². The molecule has 25 heteroatoms. The quantitative estimate of drug-likeness (QED) is 0.0230. The van der Waals surface area contributed by atoms with Crippen molar-refractivity contribution in [3.05, 3.63) is 46.8 Å². The van der Waals surface area contributed by atoms with Gasteiger partial charge in [0.15, 0.2) is 57.6 Å². The summed E-state index contributed by atoms with van der Waals surface area (Å²) in [6.07, 6.45) is 6.19. The Bertz CT molecular complexity index is 1980. The number of aromatic nitrogens is 9. The van der Waals surface area contributed by atoms with Crippen LogP contribution in [0, 0.1) is 25.5 Å². The Morgan fingerprint density at radius 1 is 0.982 bits per heavy atom. The molecule has 0 bridgehead atoms. The summed E-state index contributed by atoms with van der Waals surface area (Å²) in [5, 5.41) is 24.0. The fourth-order valence-corrected chi connectivity index (χ4v) is 5.45. The van der Waals surface area contributed by atoms with Gasteiger partial charge < -0.3 is 38.0 Å². The Labute approximate surface area is 360 Å². The second kappa shape index (κ2) is 30.1. The Morgan fingerprint density at radius 3 is 1.86 bits per heavy atom. The van der Waals surface area contributed by atoms with Crippen LogP contribution in [0.1, 0.15) is 54.3 Å². The minimum absolute atomic E-state index is 0.0880. The van der Waals surface area contributed by atoms with Crippen LogP contribution >= 0.6 is 74.7 Å². The predicted octanol–water partition coefficient (Wildman–Crippen LogP) is 6.48. The minimum Gasteiger partial charge on any atom is -0.475 e. The van der Waals surface area contributed by atoms with Crippen molar-refractivity contribution in [1.29, 1.82) is 0 Å². The molecule has 0 saturated carbocycles. The Hall–Kier alpha value is -4.09. The van der Waals surface area contributed by atoms with E-state index in [2.05, 4.69) is 66.2 Å². The molecule has 19 nitrogen and oxygen atoms in total. The highest BCUT2D eigenvalue weighted by molar-refractivity contribution is 9.09. The van der Waals surface area contributed by atoms with Gasteiger partial charge in [-0.1, -0.05) is 27.7 Å². The molecule has 1 unspecified atom stereocenters. The molecule has 316 valence electrons. The van der Waals surface area contributed by atoms with Gasteiger partial charge in [0.05, 0.1) is 23.7 Å². The molecule has 0 fully saturated rings. The fourth-order valence-electron chi connectivity index (χ4n) is 3.38. The zero-order chi connectivity index (χ0) is 43.5. The number of amides is 1. The van der Waals surface area contributed by atoms with Gasteiger partial charge in [0.25, 0.3) is 0 Å². The number of carbonyl (C=O) groups excluding carboxylic acids is 3. The Balaban J connectivity index is 0.000000706. The summed E-state index contributed by atoms with van der Waals surface area (Å²) in [5.41, 5.74) is 6.19. The number of nitrogens with two attached hydrogens (primary N) is 1. The lowest BCUT2D eigenvalue weighted by molar-refractivity contribution is -0.144. The van der Waals surface area contributed by atoms with E-state index in [0.29, 0.717) is 39.5 Å². The summed E-state index contributed by atoms with van der Waals surface area (Å²) in [7, 11) is 3.74. The number of hydrogen-bond acceptors (Lipinski definition) is 16. The summed E-state index contributed by atoms with van der Waals surface area (Å²) >= 11 is 26.1. The molecule has 0 aliphatic heterocycles. The third-order valence-electron chi connectivity index (χ3n) is 6.18. The van der Waals surface area contributed by atoms with Crippen LogP contribution in [0.25, 0.3) is 23.2 Å². The number of primary amides is 1. The summed E-state index contributed by atoms with van der Waals surface area (Å²) < 4.78 is 23.7. The lowest BCUT2D eigenvalue weighted by Crippen LogP contribution is -2.24. The smallest absolute Gasteiger partial charge is 0.373 e. The lowest BCUT2D eigenvalue weighted by atomic mass is 10.3. The molecule has 5 aromatic heterocycles. The van der Waals surface area contributed by atoms with Gasteiger partial charge >= 0.3 is 11.9 Å². The predicted molar refractivity (Wildman–Crippen MR) is 220 cm³/mol. The van der Waals surface area contributed by atoms with Crippen LogP contribution in [0.15, 0.2) is 37.6 Å². The van der Waals surface area contributed by atoms with E-state index in [-0.39, 0.29) is 24.6 Å². The Morgan fingerprint density at radius 2 is 1.51 bits per heavy atom. The molecule has 5 heterocycles. The number of alkyl halides is 4. The zero-order valence-corrected chi connectivity index (χ0v) is 37.5.